The summed E-state index contributed by atoms with van der Waals surface area (Å²) >= 11 is 0. The van der Waals surface area contributed by atoms with Crippen LogP contribution in [0.5, 0.6) is 0 Å². The van der Waals surface area contributed by atoms with Crippen molar-refractivity contribution in [2.45, 2.75) is 90.0 Å². The number of sulfone groups is 1. The Kier molecular flexibility index (Phi) is 11.3. The molecule has 12 heteroatoms. The number of ether oxygens (including phenoxy) is 2. The molecule has 0 aliphatic heterocycles. The highest BCUT2D eigenvalue weighted by atomic mass is 32.2. The van der Waals surface area contributed by atoms with E-state index in [1.165, 1.54) is 12.3 Å². The number of carbonyl (C=O) groups excluding carboxylic acids is 3. The van der Waals surface area contributed by atoms with Gasteiger partial charge in [0.05, 0.1) is 4.90 Å². The van der Waals surface area contributed by atoms with E-state index in [4.69, 9.17) is 9.47 Å². The first-order valence-electron chi connectivity index (χ1n) is 16.3. The first kappa shape index (κ1) is 37.8. The van der Waals surface area contributed by atoms with E-state index in [-0.39, 0.29) is 29.1 Å². The first-order valence-corrected chi connectivity index (χ1v) is 18.2. The second-order valence-corrected chi connectivity index (χ2v) is 16.4. The summed E-state index contributed by atoms with van der Waals surface area (Å²) in [5, 5.41) is 7.35. The first-order chi connectivity index (χ1) is 23.2. The molecule has 1 heterocycles. The third-order valence-corrected chi connectivity index (χ3v) is 8.61. The van der Waals surface area contributed by atoms with Gasteiger partial charge in [-0.25, -0.2) is 23.0 Å². The van der Waals surface area contributed by atoms with Crippen LogP contribution in [0.4, 0.5) is 21.1 Å². The molecule has 1 unspecified atom stereocenters. The van der Waals surface area contributed by atoms with Crippen LogP contribution in [0.15, 0.2) is 83.9 Å². The number of aromatic nitrogens is 1. The second kappa shape index (κ2) is 14.9. The van der Waals surface area contributed by atoms with E-state index in [0.717, 1.165) is 16.7 Å². The van der Waals surface area contributed by atoms with Gasteiger partial charge >= 0.3 is 12.2 Å². The lowest BCUT2D eigenvalue weighted by Crippen LogP contribution is -2.44. The SMILES string of the molecule is CC(C)c1cccc(C(Nc2ccc3c(N(C(=O)OC(C)(C)C)C(=O)OC(C)(C)C)nccc3c2)C(=O)NCc2ccccc2S(C)(=O)=O)c1. The number of fused-ring (bicyclic) bond motifs is 1. The summed E-state index contributed by atoms with van der Waals surface area (Å²) in [5.41, 5.74) is 1.01. The molecule has 0 spiro atoms. The minimum absolute atomic E-state index is 0.00203. The number of amides is 3. The van der Waals surface area contributed by atoms with Crippen LogP contribution < -0.4 is 15.5 Å². The Morgan fingerprint density at radius 3 is 2.04 bits per heavy atom. The molecule has 0 bridgehead atoms. The Labute approximate surface area is 294 Å². The van der Waals surface area contributed by atoms with Crippen LogP contribution in [0.2, 0.25) is 0 Å². The highest BCUT2D eigenvalue weighted by Crippen LogP contribution is 2.31. The van der Waals surface area contributed by atoms with Gasteiger partial charge in [-0.3, -0.25) is 4.79 Å². The number of benzene rings is 3. The van der Waals surface area contributed by atoms with Gasteiger partial charge < -0.3 is 20.1 Å². The molecule has 1 atom stereocenters. The van der Waals surface area contributed by atoms with Crippen molar-refractivity contribution in [2.24, 2.45) is 0 Å². The maximum absolute atomic E-state index is 13.9. The molecule has 4 rings (SSSR count). The molecule has 0 aliphatic rings. The summed E-state index contributed by atoms with van der Waals surface area (Å²) in [5.74, 6) is -0.128. The molecule has 266 valence electrons. The van der Waals surface area contributed by atoms with Crippen LogP contribution in [0, 0.1) is 0 Å². The van der Waals surface area contributed by atoms with Crippen molar-refractivity contribution in [1.29, 1.82) is 0 Å². The van der Waals surface area contributed by atoms with Gasteiger partial charge in [0, 0.05) is 30.1 Å². The maximum Gasteiger partial charge on any atom is 0.425 e. The van der Waals surface area contributed by atoms with Gasteiger partial charge in [0.25, 0.3) is 0 Å². The number of rotatable bonds is 9. The fourth-order valence-corrected chi connectivity index (χ4v) is 6.10. The number of pyridine rings is 1. The van der Waals surface area contributed by atoms with Crippen molar-refractivity contribution in [2.75, 3.05) is 16.5 Å². The van der Waals surface area contributed by atoms with Gasteiger partial charge in [-0.1, -0.05) is 56.3 Å². The third-order valence-electron chi connectivity index (χ3n) is 7.42. The number of hydrogen-bond acceptors (Lipinski definition) is 9. The highest BCUT2D eigenvalue weighted by molar-refractivity contribution is 7.90. The molecule has 0 saturated heterocycles. The van der Waals surface area contributed by atoms with Crippen molar-refractivity contribution in [3.05, 3.63) is 95.7 Å². The average molecular weight is 703 g/mol. The van der Waals surface area contributed by atoms with Crippen molar-refractivity contribution in [3.63, 3.8) is 0 Å². The summed E-state index contributed by atoms with van der Waals surface area (Å²) in [6.45, 7) is 14.3. The average Bonchev–Trinajstić information content (AvgIpc) is 3.00. The zero-order chi connectivity index (χ0) is 37.0. The fraction of sp³-hybridized carbons (Fsp3) is 0.368. The van der Waals surface area contributed by atoms with E-state index in [2.05, 4.69) is 29.5 Å². The van der Waals surface area contributed by atoms with E-state index < -0.39 is 39.3 Å². The van der Waals surface area contributed by atoms with Crippen LogP contribution in [-0.4, -0.2) is 49.0 Å². The Hall–Kier alpha value is -4.97. The van der Waals surface area contributed by atoms with Crippen LogP contribution in [0.3, 0.4) is 0 Å². The number of hydrogen-bond donors (Lipinski definition) is 2. The number of nitrogens with one attached hydrogen (secondary N) is 2. The van der Waals surface area contributed by atoms with E-state index >= 15 is 0 Å². The molecule has 0 fully saturated rings. The Bertz CT molecular complexity index is 1970. The van der Waals surface area contributed by atoms with Crippen molar-refractivity contribution in [3.8, 4) is 0 Å². The second-order valence-electron chi connectivity index (χ2n) is 14.4. The van der Waals surface area contributed by atoms with Gasteiger partial charge in [-0.2, -0.15) is 4.90 Å². The normalized spacial score (nSPS) is 12.7. The lowest BCUT2D eigenvalue weighted by Gasteiger charge is -2.28. The van der Waals surface area contributed by atoms with Crippen LogP contribution in [-0.2, 0) is 30.7 Å². The smallest absolute Gasteiger partial charge is 0.425 e. The molecule has 0 aliphatic carbocycles. The topological polar surface area (TPSA) is 144 Å². The zero-order valence-electron chi connectivity index (χ0n) is 30.0. The van der Waals surface area contributed by atoms with Gasteiger partial charge in [0.15, 0.2) is 15.7 Å². The van der Waals surface area contributed by atoms with E-state index in [1.807, 2.05) is 24.3 Å². The molecule has 3 aromatic carbocycles. The quantitative estimate of drug-likeness (QED) is 0.178. The summed E-state index contributed by atoms with van der Waals surface area (Å²) < 4.78 is 35.9. The highest BCUT2D eigenvalue weighted by Gasteiger charge is 2.34. The van der Waals surface area contributed by atoms with E-state index in [1.54, 1.807) is 84.0 Å². The van der Waals surface area contributed by atoms with E-state index in [9.17, 15) is 22.8 Å². The number of imide groups is 1. The molecule has 3 amide bonds. The van der Waals surface area contributed by atoms with Crippen molar-refractivity contribution in [1.82, 2.24) is 10.3 Å². The molecule has 11 nitrogen and oxygen atoms in total. The van der Waals surface area contributed by atoms with Gasteiger partial charge in [-0.15, -0.1) is 0 Å². The van der Waals surface area contributed by atoms with Crippen molar-refractivity contribution >= 4 is 50.2 Å². The van der Waals surface area contributed by atoms with Gasteiger partial charge in [0.1, 0.15) is 17.2 Å². The van der Waals surface area contributed by atoms with Gasteiger partial charge in [-0.05, 0) is 99.9 Å². The standard InChI is InChI=1S/C38H46N4O7S/c1-24(2)25-14-12-15-27(21-25)32(34(43)40-23-28-13-10-11-16-31(28)50(9,46)47)41-29-17-18-30-26(22-29)19-20-39-33(30)42(35(44)48-37(3,4)5)36(45)49-38(6,7)8/h10-22,24,32,41H,23H2,1-9H3,(H,40,43). The lowest BCUT2D eigenvalue weighted by molar-refractivity contribution is -0.122. The summed E-state index contributed by atoms with van der Waals surface area (Å²) in [7, 11) is -3.51. The van der Waals surface area contributed by atoms with E-state index in [0.29, 0.717) is 27.6 Å². The lowest BCUT2D eigenvalue weighted by atomic mass is 9.97. The van der Waals surface area contributed by atoms with Crippen LogP contribution >= 0.6 is 0 Å². The number of carbonyl (C=O) groups is 3. The molecule has 4 aromatic rings. The summed E-state index contributed by atoms with van der Waals surface area (Å²) in [6.07, 6.45) is 0.732. The Morgan fingerprint density at radius 2 is 1.44 bits per heavy atom. The van der Waals surface area contributed by atoms with Crippen LogP contribution in [0.1, 0.15) is 84.0 Å². The largest absolute Gasteiger partial charge is 0.443 e. The maximum atomic E-state index is 13.9. The Morgan fingerprint density at radius 1 is 0.820 bits per heavy atom. The summed E-state index contributed by atoms with van der Waals surface area (Å²) in [4.78, 5) is 45.9. The van der Waals surface area contributed by atoms with Gasteiger partial charge in [0.2, 0.25) is 5.91 Å². The third kappa shape index (κ3) is 9.81. The van der Waals surface area contributed by atoms with Crippen molar-refractivity contribution < 1.29 is 32.3 Å². The predicted octanol–water partition coefficient (Wildman–Crippen LogP) is 7.91. The molecule has 1 aromatic heterocycles. The zero-order valence-corrected chi connectivity index (χ0v) is 30.8. The molecule has 0 saturated carbocycles. The Balaban J connectivity index is 1.73. The minimum atomic E-state index is -3.51. The molecule has 2 N–H and O–H groups in total. The predicted molar refractivity (Wildman–Crippen MR) is 195 cm³/mol. The molecule has 50 heavy (non-hydrogen) atoms. The molecular formula is C38H46N4O7S. The minimum Gasteiger partial charge on any atom is -0.443 e. The molecule has 0 radical (unpaired) electrons. The fourth-order valence-electron chi connectivity index (χ4n) is 5.15. The number of anilines is 2. The number of nitrogens with zero attached hydrogens (tertiary/aromatic N) is 2. The summed E-state index contributed by atoms with van der Waals surface area (Å²) in [6, 6.07) is 20.3. The monoisotopic (exact) mass is 702 g/mol. The molecular weight excluding hydrogens is 657 g/mol. The van der Waals surface area contributed by atoms with Crippen LogP contribution in [0.25, 0.3) is 10.8 Å².